The van der Waals surface area contributed by atoms with Gasteiger partial charge in [0.1, 0.15) is 12.4 Å². The predicted molar refractivity (Wildman–Crippen MR) is 154 cm³/mol. The van der Waals surface area contributed by atoms with Crippen LogP contribution < -0.4 is 4.18 Å². The lowest BCUT2D eigenvalue weighted by Crippen LogP contribution is -2.63. The molecule has 3 aliphatic rings. The molecule has 0 spiro atoms. The minimum atomic E-state index is -7.38. The van der Waals surface area contributed by atoms with Crippen molar-refractivity contribution in [2.75, 3.05) is 0 Å². The van der Waals surface area contributed by atoms with Crippen LogP contribution in [0, 0.1) is 17.8 Å². The minimum Gasteiger partial charge on any atom is -0.493 e. The number of rotatable bonds is 10. The Labute approximate surface area is 265 Å². The number of hydrogen-bond acceptors (Lipinski definition) is 4. The second-order valence-corrected chi connectivity index (χ2v) is 13.3. The summed E-state index contributed by atoms with van der Waals surface area (Å²) in [5.74, 6) is -14.9. The number of fused-ring (bicyclic) bond motifs is 1. The van der Waals surface area contributed by atoms with Crippen molar-refractivity contribution in [2.24, 2.45) is 17.8 Å². The van der Waals surface area contributed by atoms with Gasteiger partial charge in [0, 0.05) is 12.3 Å². The molecule has 2 aromatic rings. The van der Waals surface area contributed by atoms with E-state index < -0.39 is 39.1 Å². The molecular formula is C33H29F9O4S. The minimum absolute atomic E-state index is 0.0574. The van der Waals surface area contributed by atoms with Crippen molar-refractivity contribution in [3.63, 3.8) is 0 Å². The average Bonchev–Trinajstić information content (AvgIpc) is 3.03. The van der Waals surface area contributed by atoms with Crippen molar-refractivity contribution in [2.45, 2.75) is 61.5 Å². The molecule has 4 nitrogen and oxygen atoms in total. The summed E-state index contributed by atoms with van der Waals surface area (Å²) in [7, 11) is -7.04. The summed E-state index contributed by atoms with van der Waals surface area (Å²) in [6.07, 6.45) is 7.64. The highest BCUT2D eigenvalue weighted by Crippen LogP contribution is 2.55. The van der Waals surface area contributed by atoms with Crippen LogP contribution in [0.3, 0.4) is 0 Å². The molecule has 1 fully saturated rings. The smallest absolute Gasteiger partial charge is 0.460 e. The molecule has 254 valence electrons. The van der Waals surface area contributed by atoms with Crippen LogP contribution in [0.4, 0.5) is 39.5 Å². The number of ether oxygens (including phenoxy) is 1. The first-order valence-electron chi connectivity index (χ1n) is 14.6. The first kappa shape index (κ1) is 34.6. The lowest BCUT2D eigenvalue weighted by Gasteiger charge is -2.43. The third-order valence-corrected chi connectivity index (χ3v) is 10.0. The Morgan fingerprint density at radius 2 is 1.47 bits per heavy atom. The molecule has 0 heterocycles. The predicted octanol–water partition coefficient (Wildman–Crippen LogP) is 9.49. The Kier molecular flexibility index (Phi) is 9.39. The number of halogens is 9. The molecule has 4 atom stereocenters. The van der Waals surface area contributed by atoms with Crippen LogP contribution in [0.15, 0.2) is 102 Å². The monoisotopic (exact) mass is 692 g/mol. The van der Waals surface area contributed by atoms with E-state index >= 15 is 0 Å². The zero-order valence-corrected chi connectivity index (χ0v) is 25.3. The quantitative estimate of drug-likeness (QED) is 0.184. The number of hydrogen-bond donors (Lipinski definition) is 0. The largest absolute Gasteiger partial charge is 0.493 e. The van der Waals surface area contributed by atoms with Crippen molar-refractivity contribution in [1.29, 1.82) is 0 Å². The topological polar surface area (TPSA) is 52.6 Å². The van der Waals surface area contributed by atoms with Gasteiger partial charge in [-0.2, -0.15) is 47.9 Å². The lowest BCUT2D eigenvalue weighted by molar-refractivity contribution is -0.382. The van der Waals surface area contributed by atoms with Crippen molar-refractivity contribution in [3.8, 4) is 5.75 Å². The Morgan fingerprint density at radius 1 is 0.787 bits per heavy atom. The number of allylic oxidation sites excluding steroid dienone is 8. The molecule has 0 aromatic heterocycles. The Morgan fingerprint density at radius 3 is 2.09 bits per heavy atom. The van der Waals surface area contributed by atoms with E-state index in [1.807, 2.05) is 60.7 Å². The zero-order valence-electron chi connectivity index (χ0n) is 24.4. The number of benzene rings is 2. The van der Waals surface area contributed by atoms with Gasteiger partial charge in [-0.15, -0.1) is 0 Å². The average molecular weight is 693 g/mol. The van der Waals surface area contributed by atoms with Crippen LogP contribution >= 0.6 is 0 Å². The summed E-state index contributed by atoms with van der Waals surface area (Å²) in [6, 6.07) is 14.0. The molecule has 0 aliphatic heterocycles. The van der Waals surface area contributed by atoms with E-state index in [9.17, 15) is 47.9 Å². The maximum absolute atomic E-state index is 14.2. The molecule has 5 rings (SSSR count). The van der Waals surface area contributed by atoms with Crippen LogP contribution in [0.25, 0.3) is 0 Å². The van der Waals surface area contributed by atoms with E-state index in [4.69, 9.17) is 4.74 Å². The van der Waals surface area contributed by atoms with E-state index in [-0.39, 0.29) is 23.7 Å². The van der Waals surface area contributed by atoms with Gasteiger partial charge in [-0.25, -0.2) is 0 Å². The second kappa shape index (κ2) is 12.7. The molecule has 0 bridgehead atoms. The molecule has 14 heteroatoms. The summed E-state index contributed by atoms with van der Waals surface area (Å²) >= 11 is 0. The molecule has 0 amide bonds. The van der Waals surface area contributed by atoms with Crippen LogP contribution in [-0.4, -0.2) is 31.7 Å². The fourth-order valence-corrected chi connectivity index (χ4v) is 7.20. The molecule has 0 saturated heterocycles. The number of alkyl halides is 9. The van der Waals surface area contributed by atoms with Gasteiger partial charge in [0.15, 0.2) is 0 Å². The van der Waals surface area contributed by atoms with Crippen molar-refractivity contribution >= 4 is 10.1 Å². The fraction of sp³-hybridized carbons (Fsp3) is 0.394. The molecule has 0 N–H and O–H groups in total. The highest BCUT2D eigenvalue weighted by Gasteiger charge is 2.86. The summed E-state index contributed by atoms with van der Waals surface area (Å²) in [6.45, 7) is 0.386. The van der Waals surface area contributed by atoms with Gasteiger partial charge >= 0.3 is 33.4 Å². The Bertz CT molecular complexity index is 1660. The molecular weight excluding hydrogens is 663 g/mol. The van der Waals surface area contributed by atoms with Gasteiger partial charge in [-0.05, 0) is 66.4 Å². The third-order valence-electron chi connectivity index (χ3n) is 8.72. The summed E-state index contributed by atoms with van der Waals surface area (Å²) in [4.78, 5) is 0. The summed E-state index contributed by atoms with van der Waals surface area (Å²) in [5.41, 5.74) is 2.67. The molecule has 3 aliphatic carbocycles. The van der Waals surface area contributed by atoms with Crippen molar-refractivity contribution < 1.29 is 56.9 Å². The molecule has 2 unspecified atom stereocenters. The maximum atomic E-state index is 14.2. The van der Waals surface area contributed by atoms with Crippen LogP contribution in [0.2, 0.25) is 0 Å². The highest BCUT2D eigenvalue weighted by molar-refractivity contribution is 7.88. The normalized spacial score (nSPS) is 23.9. The maximum Gasteiger partial charge on any atom is 0.460 e. The van der Waals surface area contributed by atoms with Crippen LogP contribution in [-0.2, 0) is 21.5 Å². The Hall–Kier alpha value is -3.68. The molecule has 47 heavy (non-hydrogen) atoms. The molecule has 1 saturated carbocycles. The van der Waals surface area contributed by atoms with Gasteiger partial charge < -0.3 is 8.92 Å². The van der Waals surface area contributed by atoms with Gasteiger partial charge in [0.25, 0.3) is 0 Å². The van der Waals surface area contributed by atoms with E-state index in [2.05, 4.69) is 10.3 Å². The third kappa shape index (κ3) is 6.57. The van der Waals surface area contributed by atoms with Crippen molar-refractivity contribution in [3.05, 3.63) is 114 Å². The summed E-state index contributed by atoms with van der Waals surface area (Å²) in [5, 5.41) is -6.94. The Balaban J connectivity index is 1.41. The van der Waals surface area contributed by atoms with Crippen molar-refractivity contribution in [1.82, 2.24) is 0 Å². The van der Waals surface area contributed by atoms with Crippen LogP contribution in [0.5, 0.6) is 5.75 Å². The van der Waals surface area contributed by atoms with Crippen LogP contribution in [0.1, 0.15) is 42.7 Å². The first-order chi connectivity index (χ1) is 22.0. The highest BCUT2D eigenvalue weighted by atomic mass is 32.2. The summed E-state index contributed by atoms with van der Waals surface area (Å²) < 4.78 is 154. The van der Waals surface area contributed by atoms with E-state index in [0.29, 0.717) is 18.6 Å². The fourth-order valence-electron chi connectivity index (χ4n) is 6.29. The standard InChI is InChI=1S/C33H29F9O4S/c34-30(35,32(38,39)40)31(36,37)33(41,42)47(43,44)46-25-14-11-23(12-15-25)29-27(22-9-5-2-6-10-22)17-13-24-19-26(16-18-28(24)29)45-20-21-7-3-1-4-8-21/h1-9,11-12,14-16,18,22,24,27,29H,10,13,17,19-20H2/t22?,24?,27-,29+/m1/s1. The van der Waals surface area contributed by atoms with Gasteiger partial charge in [-0.3, -0.25) is 0 Å². The van der Waals surface area contributed by atoms with E-state index in [0.717, 1.165) is 48.3 Å². The SMILES string of the molecule is O=S(=O)(Oc1ccc([C@@H]2C3=CC=C(OCc4ccccc4)CC3CC[C@@H]2C2C=CC=CC2)cc1)C(F)(F)C(F)(F)C(F)(F)C(F)(F)F. The van der Waals surface area contributed by atoms with E-state index in [1.165, 1.54) is 12.1 Å². The molecule has 2 aromatic carbocycles. The van der Waals surface area contributed by atoms with Gasteiger partial charge in [-0.1, -0.05) is 78.4 Å². The van der Waals surface area contributed by atoms with Gasteiger partial charge in [0.05, 0.1) is 5.76 Å². The molecule has 0 radical (unpaired) electrons. The van der Waals surface area contributed by atoms with Gasteiger partial charge in [0.2, 0.25) is 0 Å². The first-order valence-corrected chi connectivity index (χ1v) is 16.0. The second-order valence-electron chi connectivity index (χ2n) is 11.7. The zero-order chi connectivity index (χ0) is 34.3. The van der Waals surface area contributed by atoms with E-state index in [1.54, 1.807) is 0 Å². The lowest BCUT2D eigenvalue weighted by atomic mass is 9.61.